The Labute approximate surface area is 126 Å². The number of hydrogen-bond donors (Lipinski definition) is 0. The fourth-order valence-corrected chi connectivity index (χ4v) is 2.31. The van der Waals surface area contributed by atoms with Crippen LogP contribution in [0, 0.1) is 0 Å². The van der Waals surface area contributed by atoms with Crippen LogP contribution < -0.4 is 0 Å². The molecule has 21 heavy (non-hydrogen) atoms. The predicted molar refractivity (Wildman–Crippen MR) is 78.6 cm³/mol. The second-order valence-electron chi connectivity index (χ2n) is 4.52. The van der Waals surface area contributed by atoms with E-state index in [4.69, 9.17) is 16.3 Å². The summed E-state index contributed by atoms with van der Waals surface area (Å²) in [4.78, 5) is 11.6. The second kappa shape index (κ2) is 5.54. The molecule has 0 aliphatic heterocycles. The molecule has 2 heterocycles. The molecule has 0 aliphatic rings. The lowest BCUT2D eigenvalue weighted by Crippen LogP contribution is -2.04. The average Bonchev–Trinajstić information content (AvgIpc) is 2.91. The van der Waals surface area contributed by atoms with Gasteiger partial charge in [-0.15, -0.1) is 10.2 Å². The van der Waals surface area contributed by atoms with Gasteiger partial charge in [0.2, 0.25) is 0 Å². The van der Waals surface area contributed by atoms with Crippen molar-refractivity contribution >= 4 is 23.2 Å². The number of carbonyl (C=O) groups is 1. The zero-order valence-electron chi connectivity index (χ0n) is 11.3. The molecule has 0 radical (unpaired) electrons. The van der Waals surface area contributed by atoms with Crippen LogP contribution in [0.5, 0.6) is 0 Å². The normalized spacial score (nSPS) is 10.8. The zero-order chi connectivity index (χ0) is 14.8. The van der Waals surface area contributed by atoms with Crippen molar-refractivity contribution in [3.8, 4) is 0 Å². The van der Waals surface area contributed by atoms with Crippen molar-refractivity contribution in [2.24, 2.45) is 0 Å². The van der Waals surface area contributed by atoms with Crippen LogP contribution in [0.15, 0.2) is 42.6 Å². The van der Waals surface area contributed by atoms with Gasteiger partial charge >= 0.3 is 5.97 Å². The lowest BCUT2D eigenvalue weighted by atomic mass is 10.1. The van der Waals surface area contributed by atoms with E-state index in [0.717, 1.165) is 5.56 Å². The number of aromatic nitrogens is 3. The van der Waals surface area contributed by atoms with Crippen LogP contribution in [0.1, 0.15) is 21.7 Å². The molecule has 3 aromatic rings. The van der Waals surface area contributed by atoms with Gasteiger partial charge in [0.05, 0.1) is 12.7 Å². The first kappa shape index (κ1) is 13.6. The molecule has 0 atom stereocenters. The number of nitrogens with zero attached hydrogens (tertiary/aromatic N) is 3. The highest BCUT2D eigenvalue weighted by Gasteiger charge is 2.12. The first-order valence-corrected chi connectivity index (χ1v) is 6.72. The van der Waals surface area contributed by atoms with Gasteiger partial charge in [-0.25, -0.2) is 4.79 Å². The maximum Gasteiger partial charge on any atom is 0.339 e. The van der Waals surface area contributed by atoms with Crippen molar-refractivity contribution in [1.29, 1.82) is 0 Å². The number of halogens is 1. The van der Waals surface area contributed by atoms with E-state index in [1.54, 1.807) is 22.7 Å². The number of esters is 1. The Balaban J connectivity index is 2.03. The summed E-state index contributed by atoms with van der Waals surface area (Å²) in [5.74, 6) is 0.318. The molecule has 0 saturated carbocycles. The van der Waals surface area contributed by atoms with Crippen LogP contribution >= 0.6 is 11.6 Å². The predicted octanol–water partition coefficient (Wildman–Crippen LogP) is 2.76. The van der Waals surface area contributed by atoms with Gasteiger partial charge in [-0.1, -0.05) is 29.8 Å². The summed E-state index contributed by atoms with van der Waals surface area (Å²) < 4.78 is 6.50. The molecule has 0 unspecified atom stereocenters. The van der Waals surface area contributed by atoms with Gasteiger partial charge in [0.15, 0.2) is 5.65 Å². The molecule has 3 rings (SSSR count). The molecule has 0 saturated heterocycles. The van der Waals surface area contributed by atoms with Crippen molar-refractivity contribution in [3.05, 3.63) is 64.6 Å². The molecule has 0 aliphatic carbocycles. The summed E-state index contributed by atoms with van der Waals surface area (Å²) in [5.41, 5.74) is 2.08. The topological polar surface area (TPSA) is 56.5 Å². The van der Waals surface area contributed by atoms with E-state index in [9.17, 15) is 4.79 Å². The Kier molecular flexibility index (Phi) is 3.58. The Hall–Kier alpha value is -2.40. The summed E-state index contributed by atoms with van der Waals surface area (Å²) >= 11 is 6.16. The number of pyridine rings is 1. The highest BCUT2D eigenvalue weighted by atomic mass is 35.5. The number of methoxy groups -OCH3 is 1. The van der Waals surface area contributed by atoms with Crippen LogP contribution in [0.3, 0.4) is 0 Å². The Bertz CT molecular complexity index is 814. The van der Waals surface area contributed by atoms with Gasteiger partial charge in [0.1, 0.15) is 5.82 Å². The van der Waals surface area contributed by atoms with Crippen molar-refractivity contribution in [1.82, 2.24) is 14.6 Å². The van der Waals surface area contributed by atoms with Gasteiger partial charge in [-0.05, 0) is 23.8 Å². The summed E-state index contributed by atoms with van der Waals surface area (Å²) in [7, 11) is 1.35. The lowest BCUT2D eigenvalue weighted by molar-refractivity contribution is 0.0600. The Morgan fingerprint density at radius 3 is 2.81 bits per heavy atom. The van der Waals surface area contributed by atoms with Crippen LogP contribution in [-0.4, -0.2) is 27.7 Å². The third kappa shape index (κ3) is 2.60. The first-order valence-electron chi connectivity index (χ1n) is 6.34. The molecular weight excluding hydrogens is 290 g/mol. The molecule has 2 aromatic heterocycles. The molecule has 0 bridgehead atoms. The molecule has 0 amide bonds. The number of fused-ring (bicyclic) bond motifs is 1. The van der Waals surface area contributed by atoms with E-state index >= 15 is 0 Å². The average molecular weight is 302 g/mol. The molecule has 6 heteroatoms. The second-order valence-corrected chi connectivity index (χ2v) is 4.93. The smallest absolute Gasteiger partial charge is 0.339 e. The fourth-order valence-electron chi connectivity index (χ4n) is 2.11. The van der Waals surface area contributed by atoms with Gasteiger partial charge in [-0.3, -0.25) is 4.40 Å². The number of carbonyl (C=O) groups excluding carboxylic acids is 1. The van der Waals surface area contributed by atoms with E-state index < -0.39 is 5.97 Å². The minimum Gasteiger partial charge on any atom is -0.465 e. The Morgan fingerprint density at radius 2 is 2.05 bits per heavy atom. The maximum absolute atomic E-state index is 11.6. The zero-order valence-corrected chi connectivity index (χ0v) is 12.0. The lowest BCUT2D eigenvalue weighted by Gasteiger charge is -2.04. The molecule has 0 fully saturated rings. The van der Waals surface area contributed by atoms with Crippen LogP contribution in [-0.2, 0) is 11.2 Å². The van der Waals surface area contributed by atoms with Gasteiger partial charge in [0.25, 0.3) is 0 Å². The van der Waals surface area contributed by atoms with Crippen molar-refractivity contribution in [3.63, 3.8) is 0 Å². The summed E-state index contributed by atoms with van der Waals surface area (Å²) in [6, 6.07) is 11.0. The number of rotatable bonds is 3. The molecule has 0 N–H and O–H groups in total. The van der Waals surface area contributed by atoms with Crippen LogP contribution in [0.2, 0.25) is 5.02 Å². The SMILES string of the molecule is COC(=O)c1ccc2nnc(Cc3ccccc3Cl)n2c1. The molecule has 0 spiro atoms. The minimum atomic E-state index is -0.394. The summed E-state index contributed by atoms with van der Waals surface area (Å²) in [6.07, 6.45) is 2.21. The molecule has 5 nitrogen and oxygen atoms in total. The minimum absolute atomic E-state index is 0.394. The number of benzene rings is 1. The largest absolute Gasteiger partial charge is 0.465 e. The molecule has 106 valence electrons. The third-order valence-corrected chi connectivity index (χ3v) is 3.57. The van der Waals surface area contributed by atoms with Crippen molar-refractivity contribution in [2.45, 2.75) is 6.42 Å². The van der Waals surface area contributed by atoms with Crippen LogP contribution in [0.4, 0.5) is 0 Å². The number of hydrogen-bond acceptors (Lipinski definition) is 4. The summed E-state index contributed by atoms with van der Waals surface area (Å²) in [6.45, 7) is 0. The Morgan fingerprint density at radius 1 is 1.24 bits per heavy atom. The monoisotopic (exact) mass is 301 g/mol. The van der Waals surface area contributed by atoms with E-state index in [1.165, 1.54) is 7.11 Å². The van der Waals surface area contributed by atoms with Gasteiger partial charge < -0.3 is 4.74 Å². The molecule has 1 aromatic carbocycles. The van der Waals surface area contributed by atoms with E-state index in [0.29, 0.717) is 28.5 Å². The maximum atomic E-state index is 11.6. The van der Waals surface area contributed by atoms with E-state index in [1.807, 2.05) is 24.3 Å². The highest BCUT2D eigenvalue weighted by Crippen LogP contribution is 2.19. The van der Waals surface area contributed by atoms with Crippen molar-refractivity contribution < 1.29 is 9.53 Å². The number of ether oxygens (including phenoxy) is 1. The highest BCUT2D eigenvalue weighted by molar-refractivity contribution is 6.31. The first-order chi connectivity index (χ1) is 10.2. The fraction of sp³-hybridized carbons (Fsp3) is 0.133. The van der Waals surface area contributed by atoms with Crippen LogP contribution in [0.25, 0.3) is 5.65 Å². The third-order valence-electron chi connectivity index (χ3n) is 3.20. The van der Waals surface area contributed by atoms with Crippen molar-refractivity contribution in [2.75, 3.05) is 7.11 Å². The van der Waals surface area contributed by atoms with Gasteiger partial charge in [-0.2, -0.15) is 0 Å². The van der Waals surface area contributed by atoms with E-state index in [2.05, 4.69) is 10.2 Å². The van der Waals surface area contributed by atoms with Gasteiger partial charge in [0, 0.05) is 17.6 Å². The summed E-state index contributed by atoms with van der Waals surface area (Å²) in [5, 5.41) is 8.93. The quantitative estimate of drug-likeness (QED) is 0.698. The standard InChI is InChI=1S/C15H12ClN3O2/c1-21-15(20)11-6-7-13-17-18-14(19(13)9-11)8-10-4-2-3-5-12(10)16/h2-7,9H,8H2,1H3. The van der Waals surface area contributed by atoms with E-state index in [-0.39, 0.29) is 0 Å². The molecular formula is C15H12ClN3O2.